The third-order valence-corrected chi connectivity index (χ3v) is 8.05. The van der Waals surface area contributed by atoms with E-state index in [0.717, 1.165) is 31.2 Å². The third-order valence-electron chi connectivity index (χ3n) is 5.82. The maximum atomic E-state index is 12.6. The standard InChI is InChI=1S/C24H26N6O3S2/c1-14(26-22(32)15-8-10-16(33-3)11-9-15)21-28-29-24(30(21)2)34-13-20(31)27-23-18(12-25)17-6-4-5-7-19(17)35-23/h8-11,14H,4-7,13H2,1-3H3,(H,26,32)(H,27,31)/t14-/m0/s1. The first-order chi connectivity index (χ1) is 16.9. The van der Waals surface area contributed by atoms with E-state index in [1.165, 1.54) is 28.0 Å². The number of methoxy groups -OCH3 is 1. The van der Waals surface area contributed by atoms with Crippen molar-refractivity contribution < 1.29 is 14.3 Å². The van der Waals surface area contributed by atoms with E-state index in [1.807, 2.05) is 6.92 Å². The second-order valence-electron chi connectivity index (χ2n) is 8.19. The number of rotatable bonds is 8. The number of benzene rings is 1. The molecule has 0 radical (unpaired) electrons. The average Bonchev–Trinajstić information content (AvgIpc) is 3.41. The Labute approximate surface area is 211 Å². The minimum atomic E-state index is -0.388. The van der Waals surface area contributed by atoms with Crippen molar-refractivity contribution in [3.8, 4) is 11.8 Å². The van der Waals surface area contributed by atoms with Gasteiger partial charge in [-0.25, -0.2) is 0 Å². The first kappa shape index (κ1) is 24.8. The number of aromatic nitrogens is 3. The van der Waals surface area contributed by atoms with Gasteiger partial charge in [0.1, 0.15) is 16.8 Å². The van der Waals surface area contributed by atoms with Crippen molar-refractivity contribution in [2.75, 3.05) is 18.2 Å². The SMILES string of the molecule is COc1ccc(C(=O)N[C@@H](C)c2nnc(SCC(=O)Nc3sc4c(c3C#N)CCCC4)n2C)cc1. The van der Waals surface area contributed by atoms with Gasteiger partial charge in [0, 0.05) is 17.5 Å². The van der Waals surface area contributed by atoms with Crippen molar-refractivity contribution in [3.63, 3.8) is 0 Å². The van der Waals surface area contributed by atoms with E-state index in [-0.39, 0.29) is 23.6 Å². The Kier molecular flexibility index (Phi) is 7.73. The van der Waals surface area contributed by atoms with E-state index in [1.54, 1.807) is 43.0 Å². The fourth-order valence-electron chi connectivity index (χ4n) is 3.98. The predicted molar refractivity (Wildman–Crippen MR) is 135 cm³/mol. The molecule has 1 atom stereocenters. The van der Waals surface area contributed by atoms with Crippen LogP contribution in [0.4, 0.5) is 5.00 Å². The number of aryl methyl sites for hydroxylation is 1. The molecule has 0 aliphatic heterocycles. The molecule has 3 aromatic rings. The van der Waals surface area contributed by atoms with Crippen molar-refractivity contribution in [3.05, 3.63) is 51.7 Å². The van der Waals surface area contributed by atoms with E-state index in [0.29, 0.717) is 32.9 Å². The Balaban J connectivity index is 1.35. The second-order valence-corrected chi connectivity index (χ2v) is 10.2. The van der Waals surface area contributed by atoms with Crippen LogP contribution in [-0.4, -0.2) is 39.4 Å². The zero-order valence-corrected chi connectivity index (χ0v) is 21.4. The van der Waals surface area contributed by atoms with E-state index in [4.69, 9.17) is 4.74 Å². The van der Waals surface area contributed by atoms with Crippen LogP contribution in [0.15, 0.2) is 29.4 Å². The van der Waals surface area contributed by atoms with Gasteiger partial charge in [0.15, 0.2) is 11.0 Å². The summed E-state index contributed by atoms with van der Waals surface area (Å²) in [6, 6.07) is 8.72. The lowest BCUT2D eigenvalue weighted by Crippen LogP contribution is -2.28. The fraction of sp³-hybridized carbons (Fsp3) is 0.375. The molecule has 1 aliphatic rings. The smallest absolute Gasteiger partial charge is 0.251 e. The molecule has 9 nitrogen and oxygen atoms in total. The van der Waals surface area contributed by atoms with Gasteiger partial charge in [0.2, 0.25) is 5.91 Å². The number of fused-ring (bicyclic) bond motifs is 1. The molecule has 2 heterocycles. The van der Waals surface area contributed by atoms with Crippen LogP contribution in [0.1, 0.15) is 58.0 Å². The lowest BCUT2D eigenvalue weighted by atomic mass is 9.96. The molecule has 182 valence electrons. The Morgan fingerprint density at radius 3 is 2.71 bits per heavy atom. The maximum Gasteiger partial charge on any atom is 0.251 e. The number of nitriles is 1. The van der Waals surface area contributed by atoms with Crippen molar-refractivity contribution in [1.29, 1.82) is 5.26 Å². The second kappa shape index (κ2) is 10.9. The van der Waals surface area contributed by atoms with Crippen LogP contribution >= 0.6 is 23.1 Å². The van der Waals surface area contributed by atoms with Crippen molar-refractivity contribution in [2.24, 2.45) is 7.05 Å². The van der Waals surface area contributed by atoms with Gasteiger partial charge in [-0.3, -0.25) is 9.59 Å². The summed E-state index contributed by atoms with van der Waals surface area (Å²) >= 11 is 2.76. The molecule has 0 bridgehead atoms. The lowest BCUT2D eigenvalue weighted by Gasteiger charge is -2.14. The molecule has 0 spiro atoms. The van der Waals surface area contributed by atoms with Crippen LogP contribution in [0.2, 0.25) is 0 Å². The van der Waals surface area contributed by atoms with Gasteiger partial charge in [-0.1, -0.05) is 11.8 Å². The van der Waals surface area contributed by atoms with Gasteiger partial charge in [-0.15, -0.1) is 21.5 Å². The molecule has 1 aromatic carbocycles. The van der Waals surface area contributed by atoms with Crippen LogP contribution in [-0.2, 0) is 24.7 Å². The van der Waals surface area contributed by atoms with Gasteiger partial charge in [0.05, 0.1) is 24.5 Å². The zero-order valence-electron chi connectivity index (χ0n) is 19.8. The number of ether oxygens (including phenoxy) is 1. The molecule has 2 N–H and O–H groups in total. The number of carbonyl (C=O) groups is 2. The van der Waals surface area contributed by atoms with Crippen molar-refractivity contribution in [1.82, 2.24) is 20.1 Å². The summed E-state index contributed by atoms with van der Waals surface area (Å²) < 4.78 is 6.89. The van der Waals surface area contributed by atoms with Crippen LogP contribution in [0, 0.1) is 11.3 Å². The van der Waals surface area contributed by atoms with Crippen LogP contribution in [0.25, 0.3) is 0 Å². The van der Waals surface area contributed by atoms with Gasteiger partial charge in [-0.05, 0) is 62.4 Å². The van der Waals surface area contributed by atoms with Gasteiger partial charge >= 0.3 is 0 Å². The quantitative estimate of drug-likeness (QED) is 0.441. The monoisotopic (exact) mass is 510 g/mol. The number of hydrogen-bond donors (Lipinski definition) is 2. The Hall–Kier alpha value is -3.36. The van der Waals surface area contributed by atoms with Crippen LogP contribution in [0.5, 0.6) is 5.75 Å². The minimum Gasteiger partial charge on any atom is -0.497 e. The summed E-state index contributed by atoms with van der Waals surface area (Å²) in [6.07, 6.45) is 4.06. The molecule has 0 saturated heterocycles. The third kappa shape index (κ3) is 5.49. The predicted octanol–water partition coefficient (Wildman–Crippen LogP) is 3.86. The summed E-state index contributed by atoms with van der Waals surface area (Å²) in [6.45, 7) is 1.83. The van der Waals surface area contributed by atoms with E-state index >= 15 is 0 Å². The molecule has 11 heteroatoms. The number of nitrogens with zero attached hydrogens (tertiary/aromatic N) is 4. The zero-order chi connectivity index (χ0) is 24.9. The van der Waals surface area contributed by atoms with E-state index < -0.39 is 0 Å². The summed E-state index contributed by atoms with van der Waals surface area (Å²) in [7, 11) is 3.37. The number of hydrogen-bond acceptors (Lipinski definition) is 8. The van der Waals surface area contributed by atoms with Crippen LogP contribution < -0.4 is 15.4 Å². The van der Waals surface area contributed by atoms with Crippen LogP contribution in [0.3, 0.4) is 0 Å². The number of anilines is 1. The Morgan fingerprint density at radius 2 is 2.00 bits per heavy atom. The Morgan fingerprint density at radius 1 is 1.26 bits per heavy atom. The molecular formula is C24H26N6O3S2. The first-order valence-electron chi connectivity index (χ1n) is 11.2. The molecule has 0 unspecified atom stereocenters. The topological polar surface area (TPSA) is 122 Å². The summed E-state index contributed by atoms with van der Waals surface area (Å²) in [5, 5.41) is 25.0. The number of amides is 2. The highest BCUT2D eigenvalue weighted by Gasteiger charge is 2.23. The molecular weight excluding hydrogens is 484 g/mol. The summed E-state index contributed by atoms with van der Waals surface area (Å²) in [5.74, 6) is 0.953. The number of thioether (sulfide) groups is 1. The average molecular weight is 511 g/mol. The number of nitrogens with one attached hydrogen (secondary N) is 2. The summed E-state index contributed by atoms with van der Waals surface area (Å²) in [4.78, 5) is 26.4. The van der Waals surface area contributed by atoms with E-state index in [2.05, 4.69) is 26.9 Å². The molecule has 0 saturated carbocycles. The molecule has 1 aliphatic carbocycles. The normalized spacial score (nSPS) is 13.4. The molecule has 2 amide bonds. The highest BCUT2D eigenvalue weighted by atomic mass is 32.2. The van der Waals surface area contributed by atoms with E-state index in [9.17, 15) is 14.9 Å². The largest absolute Gasteiger partial charge is 0.497 e. The number of carbonyl (C=O) groups excluding carboxylic acids is 2. The fourth-order valence-corrected chi connectivity index (χ4v) is 5.95. The van der Waals surface area contributed by atoms with Gasteiger partial charge in [0.25, 0.3) is 5.91 Å². The lowest BCUT2D eigenvalue weighted by molar-refractivity contribution is -0.113. The van der Waals surface area contributed by atoms with Crippen molar-refractivity contribution >= 4 is 39.9 Å². The number of thiophene rings is 1. The molecule has 4 rings (SSSR count). The highest BCUT2D eigenvalue weighted by molar-refractivity contribution is 7.99. The highest BCUT2D eigenvalue weighted by Crippen LogP contribution is 2.37. The first-order valence-corrected chi connectivity index (χ1v) is 13.0. The van der Waals surface area contributed by atoms with Gasteiger partial charge < -0.3 is 19.9 Å². The summed E-state index contributed by atoms with van der Waals surface area (Å²) in [5.41, 5.74) is 2.21. The van der Waals surface area contributed by atoms with Gasteiger partial charge in [-0.2, -0.15) is 5.26 Å². The van der Waals surface area contributed by atoms with Crippen molar-refractivity contribution in [2.45, 2.75) is 43.8 Å². The Bertz CT molecular complexity index is 1280. The molecule has 2 aromatic heterocycles. The molecule has 35 heavy (non-hydrogen) atoms. The molecule has 0 fully saturated rings. The maximum absolute atomic E-state index is 12.6. The minimum absolute atomic E-state index is 0.131.